The molecule has 1 amide bonds. The second-order valence-corrected chi connectivity index (χ2v) is 3.01. The lowest BCUT2D eigenvalue weighted by molar-refractivity contribution is -0.116. The second kappa shape index (κ2) is 7.06. The van der Waals surface area contributed by atoms with E-state index in [0.29, 0.717) is 17.0 Å². The number of rotatable bonds is 6. The average Bonchev–Trinajstić information content (AvgIpc) is 2.22. The molecular formula is C13H16N2O. The van der Waals surface area contributed by atoms with Crippen LogP contribution in [-0.4, -0.2) is 5.91 Å². The van der Waals surface area contributed by atoms with Gasteiger partial charge in [0.25, 0.3) is 5.91 Å². The third-order valence-electron chi connectivity index (χ3n) is 1.50. The zero-order valence-corrected chi connectivity index (χ0v) is 9.20. The molecule has 84 valence electrons. The minimum absolute atomic E-state index is 0.320. The van der Waals surface area contributed by atoms with Crippen LogP contribution >= 0.6 is 0 Å². The van der Waals surface area contributed by atoms with Crippen molar-refractivity contribution in [2.45, 2.75) is 0 Å². The van der Waals surface area contributed by atoms with Crippen LogP contribution in [0.1, 0.15) is 0 Å². The smallest absolute Gasteiger partial charge is 0.255 e. The minimum Gasteiger partial charge on any atom is -0.399 e. The molecule has 0 heterocycles. The predicted molar refractivity (Wildman–Crippen MR) is 68.2 cm³/mol. The van der Waals surface area contributed by atoms with E-state index in [1.54, 1.807) is 30.4 Å². The van der Waals surface area contributed by atoms with Crippen LogP contribution in [0.2, 0.25) is 0 Å². The second-order valence-electron chi connectivity index (χ2n) is 3.01. The topological polar surface area (TPSA) is 55.1 Å². The van der Waals surface area contributed by atoms with Crippen molar-refractivity contribution in [3.63, 3.8) is 0 Å². The molecule has 0 aromatic carbocycles. The Bertz CT molecular complexity index is 387. The zero-order chi connectivity index (χ0) is 12.6. The van der Waals surface area contributed by atoms with Gasteiger partial charge in [-0.2, -0.15) is 0 Å². The molecule has 0 aromatic heterocycles. The fourth-order valence-corrected chi connectivity index (χ4v) is 0.735. The van der Waals surface area contributed by atoms with Crippen LogP contribution in [0, 0.1) is 0 Å². The molecule has 0 bridgehead atoms. The van der Waals surface area contributed by atoms with E-state index < -0.39 is 0 Å². The fraction of sp³-hybridized carbons (Fsp3) is 0. The molecule has 0 fully saturated rings. The van der Waals surface area contributed by atoms with E-state index in [2.05, 4.69) is 31.6 Å². The van der Waals surface area contributed by atoms with Crippen LogP contribution in [0.5, 0.6) is 0 Å². The lowest BCUT2D eigenvalue weighted by Crippen LogP contribution is -2.21. The molecule has 0 saturated carbocycles. The van der Waals surface area contributed by atoms with Gasteiger partial charge in [0.2, 0.25) is 0 Å². The summed E-state index contributed by atoms with van der Waals surface area (Å²) in [6.45, 7) is 14.2. The van der Waals surface area contributed by atoms with Gasteiger partial charge >= 0.3 is 0 Å². The van der Waals surface area contributed by atoms with Crippen LogP contribution in [0.4, 0.5) is 0 Å². The molecule has 0 unspecified atom stereocenters. The monoisotopic (exact) mass is 216 g/mol. The molecule has 0 aliphatic heterocycles. The van der Waals surface area contributed by atoms with Crippen molar-refractivity contribution in [1.29, 1.82) is 0 Å². The van der Waals surface area contributed by atoms with Gasteiger partial charge in [-0.1, -0.05) is 44.5 Å². The lowest BCUT2D eigenvalue weighted by atomic mass is 10.2. The summed E-state index contributed by atoms with van der Waals surface area (Å²) in [5.41, 5.74) is 6.45. The molecule has 0 rings (SSSR count). The Morgan fingerprint density at radius 3 is 2.25 bits per heavy atom. The summed E-state index contributed by atoms with van der Waals surface area (Å²) in [5.74, 6) is -0.324. The molecule has 0 radical (unpaired) electrons. The molecular weight excluding hydrogens is 200 g/mol. The summed E-state index contributed by atoms with van der Waals surface area (Å²) in [6, 6.07) is 0. The fourth-order valence-electron chi connectivity index (χ4n) is 0.735. The van der Waals surface area contributed by atoms with Gasteiger partial charge in [0, 0.05) is 17.0 Å². The molecule has 0 saturated heterocycles. The van der Waals surface area contributed by atoms with Crippen molar-refractivity contribution in [3.8, 4) is 0 Å². The van der Waals surface area contributed by atoms with Gasteiger partial charge in [-0.25, -0.2) is 0 Å². The van der Waals surface area contributed by atoms with Gasteiger partial charge in [-0.05, 0) is 12.2 Å². The molecule has 16 heavy (non-hydrogen) atoms. The van der Waals surface area contributed by atoms with Crippen LogP contribution < -0.4 is 11.1 Å². The Morgan fingerprint density at radius 1 is 1.12 bits per heavy atom. The first-order valence-corrected chi connectivity index (χ1v) is 4.58. The molecule has 3 heteroatoms. The quantitative estimate of drug-likeness (QED) is 0.526. The van der Waals surface area contributed by atoms with E-state index >= 15 is 0 Å². The first-order valence-electron chi connectivity index (χ1n) is 4.58. The Morgan fingerprint density at radius 2 is 1.75 bits per heavy atom. The maximum absolute atomic E-state index is 11.5. The molecule has 0 aliphatic rings. The first-order chi connectivity index (χ1) is 7.47. The highest BCUT2D eigenvalue weighted by atomic mass is 16.1. The number of nitrogens with one attached hydrogen (secondary N) is 1. The van der Waals surface area contributed by atoms with Crippen molar-refractivity contribution < 1.29 is 4.79 Å². The summed E-state index contributed by atoms with van der Waals surface area (Å²) >= 11 is 0. The van der Waals surface area contributed by atoms with Crippen LogP contribution in [0.15, 0.2) is 73.7 Å². The van der Waals surface area contributed by atoms with E-state index in [0.717, 1.165) is 0 Å². The van der Waals surface area contributed by atoms with E-state index in [-0.39, 0.29) is 5.91 Å². The maximum atomic E-state index is 11.5. The number of hydrogen-bond donors (Lipinski definition) is 2. The van der Waals surface area contributed by atoms with Crippen molar-refractivity contribution >= 4 is 5.91 Å². The van der Waals surface area contributed by atoms with E-state index in [1.165, 1.54) is 0 Å². The van der Waals surface area contributed by atoms with Gasteiger partial charge in [0.15, 0.2) is 0 Å². The largest absolute Gasteiger partial charge is 0.399 e. The first kappa shape index (κ1) is 13.7. The average molecular weight is 216 g/mol. The van der Waals surface area contributed by atoms with Gasteiger partial charge in [0.05, 0.1) is 0 Å². The number of carbonyl (C=O) groups excluding carboxylic acids is 1. The van der Waals surface area contributed by atoms with Crippen LogP contribution in [-0.2, 0) is 4.79 Å². The van der Waals surface area contributed by atoms with Gasteiger partial charge in [-0.15, -0.1) is 0 Å². The standard InChI is InChI=1S/C13H16N2O/c1-5-6-7-10(2)13(16)15-12(4)9-8-11(3)14/h5-9H,1-4,14H2,(H,15,16)/b7-6-,9-8-. The SMILES string of the molecule is C=C/C=C\C(=C)C(=O)NC(=C)/C=C\C(=C)N. The number of allylic oxidation sites excluding steroid dienone is 4. The van der Waals surface area contributed by atoms with Gasteiger partial charge < -0.3 is 11.1 Å². The Kier molecular flexibility index (Phi) is 6.05. The third kappa shape index (κ3) is 6.21. The predicted octanol–water partition coefficient (Wildman–Crippen LogP) is 1.94. The summed E-state index contributed by atoms with van der Waals surface area (Å²) < 4.78 is 0. The molecule has 0 spiro atoms. The van der Waals surface area contributed by atoms with E-state index in [9.17, 15) is 4.79 Å². The van der Waals surface area contributed by atoms with Gasteiger partial charge in [-0.3, -0.25) is 4.79 Å². The highest BCUT2D eigenvalue weighted by Gasteiger charge is 2.02. The lowest BCUT2D eigenvalue weighted by Gasteiger charge is -2.03. The number of amides is 1. The van der Waals surface area contributed by atoms with Crippen LogP contribution in [0.25, 0.3) is 0 Å². The zero-order valence-electron chi connectivity index (χ0n) is 9.20. The van der Waals surface area contributed by atoms with E-state index in [4.69, 9.17) is 5.73 Å². The highest BCUT2D eigenvalue weighted by molar-refractivity contribution is 5.96. The Labute approximate surface area is 96.0 Å². The van der Waals surface area contributed by atoms with Crippen molar-refractivity contribution in [3.05, 3.63) is 73.7 Å². The third-order valence-corrected chi connectivity index (χ3v) is 1.50. The van der Waals surface area contributed by atoms with E-state index in [1.807, 2.05) is 0 Å². The maximum Gasteiger partial charge on any atom is 0.255 e. The van der Waals surface area contributed by atoms with Gasteiger partial charge in [0.1, 0.15) is 0 Å². The Balaban J connectivity index is 4.30. The summed E-state index contributed by atoms with van der Waals surface area (Å²) in [7, 11) is 0. The van der Waals surface area contributed by atoms with Crippen LogP contribution in [0.3, 0.4) is 0 Å². The van der Waals surface area contributed by atoms with Crippen molar-refractivity contribution in [2.24, 2.45) is 5.73 Å². The Hall–Kier alpha value is -2.29. The number of carbonyl (C=O) groups is 1. The molecule has 3 N–H and O–H groups in total. The van der Waals surface area contributed by atoms with Crippen molar-refractivity contribution in [2.75, 3.05) is 0 Å². The molecule has 0 aliphatic carbocycles. The molecule has 0 atom stereocenters. The minimum atomic E-state index is -0.324. The summed E-state index contributed by atoms with van der Waals surface area (Å²) in [4.78, 5) is 11.5. The number of nitrogens with two attached hydrogens (primary N) is 1. The molecule has 3 nitrogen and oxygen atoms in total. The summed E-state index contributed by atoms with van der Waals surface area (Å²) in [5, 5.41) is 2.54. The summed E-state index contributed by atoms with van der Waals surface area (Å²) in [6.07, 6.45) is 7.85. The van der Waals surface area contributed by atoms with Crippen molar-refractivity contribution in [1.82, 2.24) is 5.32 Å². The highest BCUT2D eigenvalue weighted by Crippen LogP contribution is 1.97. The normalized spacial score (nSPS) is 10.2. The molecule has 0 aromatic rings. The number of hydrogen-bond acceptors (Lipinski definition) is 2.